The van der Waals surface area contributed by atoms with Gasteiger partial charge in [-0.3, -0.25) is 4.79 Å². The van der Waals surface area contributed by atoms with Crippen LogP contribution in [0.15, 0.2) is 42.5 Å². The average Bonchev–Trinajstić information content (AvgIpc) is 3.05. The number of rotatable bonds is 4. The summed E-state index contributed by atoms with van der Waals surface area (Å²) in [5, 5.41) is 0.770. The summed E-state index contributed by atoms with van der Waals surface area (Å²) in [6, 6.07) is 13.9. The molecule has 0 radical (unpaired) electrons. The number of amides is 1. The molecule has 0 N–H and O–H groups in total. The van der Waals surface area contributed by atoms with Gasteiger partial charge >= 0.3 is 0 Å². The molecule has 2 fully saturated rings. The second-order valence-electron chi connectivity index (χ2n) is 7.95. The molecule has 1 amide bonds. The summed E-state index contributed by atoms with van der Waals surface area (Å²) in [7, 11) is 4.25. The molecule has 2 aliphatic rings. The third-order valence-corrected chi connectivity index (χ3v) is 6.35. The van der Waals surface area contributed by atoms with Gasteiger partial charge in [-0.05, 0) is 73.7 Å². The number of hydrogen-bond donors (Lipinski definition) is 0. The van der Waals surface area contributed by atoms with Gasteiger partial charge in [-0.25, -0.2) is 0 Å². The number of carbonyl (C=O) groups excluding carboxylic acids is 1. The van der Waals surface area contributed by atoms with Gasteiger partial charge in [0.2, 0.25) is 0 Å². The number of carbonyl (C=O) groups is 1. The predicted molar refractivity (Wildman–Crippen MR) is 107 cm³/mol. The van der Waals surface area contributed by atoms with Crippen molar-refractivity contribution in [2.45, 2.75) is 6.92 Å². The van der Waals surface area contributed by atoms with Crippen LogP contribution in [0, 0.1) is 24.7 Å². The monoisotopic (exact) mass is 368 g/mol. The molecule has 0 aromatic heterocycles. The van der Waals surface area contributed by atoms with Crippen molar-refractivity contribution in [2.75, 3.05) is 33.7 Å². The Balaban J connectivity index is 1.44. The maximum atomic E-state index is 12.8. The number of fused-ring (bicyclic) bond motifs is 1. The van der Waals surface area contributed by atoms with Gasteiger partial charge in [-0.1, -0.05) is 35.9 Å². The molecular weight excluding hydrogens is 344 g/mol. The zero-order chi connectivity index (χ0) is 18.4. The standard InChI is InChI=1S/C22H25ClN2O/c1-14-17(5-4-6-21(14)23)15-7-9-16(10-8-15)22(26)25-12-19-18(11-24(2)3)20(19)13-25/h4-10,18-20H,11-13H2,1-3H3. The van der Waals surface area contributed by atoms with Crippen molar-refractivity contribution >= 4 is 17.5 Å². The lowest BCUT2D eigenvalue weighted by Crippen LogP contribution is -2.33. The predicted octanol–water partition coefficient (Wildman–Crippen LogP) is 4.20. The number of nitrogens with zero attached hydrogens (tertiary/aromatic N) is 2. The second kappa shape index (κ2) is 6.71. The van der Waals surface area contributed by atoms with Crippen LogP contribution in [-0.2, 0) is 0 Å². The van der Waals surface area contributed by atoms with Gasteiger partial charge in [0, 0.05) is 30.2 Å². The van der Waals surface area contributed by atoms with E-state index in [9.17, 15) is 4.79 Å². The Morgan fingerprint density at radius 3 is 2.38 bits per heavy atom. The van der Waals surface area contributed by atoms with Crippen molar-refractivity contribution in [2.24, 2.45) is 17.8 Å². The van der Waals surface area contributed by atoms with Crippen LogP contribution >= 0.6 is 11.6 Å². The van der Waals surface area contributed by atoms with Crippen LogP contribution in [0.2, 0.25) is 5.02 Å². The van der Waals surface area contributed by atoms with E-state index in [0.29, 0.717) is 11.8 Å². The lowest BCUT2D eigenvalue weighted by Gasteiger charge is -2.21. The summed E-state index contributed by atoms with van der Waals surface area (Å²) in [6.45, 7) is 5.00. The van der Waals surface area contributed by atoms with E-state index in [2.05, 4.69) is 25.1 Å². The minimum atomic E-state index is 0.162. The normalized spacial score (nSPS) is 24.0. The highest BCUT2D eigenvalue weighted by atomic mass is 35.5. The van der Waals surface area contributed by atoms with Crippen molar-refractivity contribution in [3.63, 3.8) is 0 Å². The van der Waals surface area contributed by atoms with Gasteiger partial charge in [0.05, 0.1) is 0 Å². The van der Waals surface area contributed by atoms with Crippen LogP contribution in [0.5, 0.6) is 0 Å². The third-order valence-electron chi connectivity index (χ3n) is 5.95. The van der Waals surface area contributed by atoms with Gasteiger partial charge < -0.3 is 9.80 Å². The van der Waals surface area contributed by atoms with E-state index in [-0.39, 0.29) is 5.91 Å². The summed E-state index contributed by atoms with van der Waals surface area (Å²) >= 11 is 6.23. The Morgan fingerprint density at radius 2 is 1.77 bits per heavy atom. The van der Waals surface area contributed by atoms with Crippen molar-refractivity contribution in [1.82, 2.24) is 9.80 Å². The van der Waals surface area contributed by atoms with E-state index in [4.69, 9.17) is 11.6 Å². The molecule has 0 bridgehead atoms. The maximum absolute atomic E-state index is 12.8. The summed E-state index contributed by atoms with van der Waals surface area (Å²) in [4.78, 5) is 17.1. The van der Waals surface area contributed by atoms with Gasteiger partial charge in [0.1, 0.15) is 0 Å². The Kier molecular flexibility index (Phi) is 4.54. The molecule has 1 saturated heterocycles. The van der Waals surface area contributed by atoms with E-state index in [0.717, 1.165) is 52.8 Å². The van der Waals surface area contributed by atoms with Crippen molar-refractivity contribution < 1.29 is 4.79 Å². The molecule has 2 aromatic carbocycles. The van der Waals surface area contributed by atoms with E-state index >= 15 is 0 Å². The van der Waals surface area contributed by atoms with Gasteiger partial charge in [-0.2, -0.15) is 0 Å². The highest BCUT2D eigenvalue weighted by molar-refractivity contribution is 6.31. The zero-order valence-corrected chi connectivity index (χ0v) is 16.3. The summed E-state index contributed by atoms with van der Waals surface area (Å²) in [5.74, 6) is 2.35. The fourth-order valence-corrected chi connectivity index (χ4v) is 4.58. The summed E-state index contributed by atoms with van der Waals surface area (Å²) in [6.07, 6.45) is 0. The van der Waals surface area contributed by atoms with Crippen molar-refractivity contribution in [1.29, 1.82) is 0 Å². The first-order valence-electron chi connectivity index (χ1n) is 9.25. The first kappa shape index (κ1) is 17.6. The Morgan fingerprint density at radius 1 is 1.12 bits per heavy atom. The molecular formula is C22H25ClN2O. The Labute approximate surface area is 160 Å². The second-order valence-corrected chi connectivity index (χ2v) is 8.36. The molecule has 4 rings (SSSR count). The fourth-order valence-electron chi connectivity index (χ4n) is 4.40. The smallest absolute Gasteiger partial charge is 0.253 e. The summed E-state index contributed by atoms with van der Waals surface area (Å²) < 4.78 is 0. The van der Waals surface area contributed by atoms with Crippen LogP contribution in [0.3, 0.4) is 0 Å². The molecule has 0 spiro atoms. The van der Waals surface area contributed by atoms with Crippen LogP contribution in [0.4, 0.5) is 0 Å². The fraction of sp³-hybridized carbons (Fsp3) is 0.409. The molecule has 2 unspecified atom stereocenters. The number of piperidine rings is 1. The lowest BCUT2D eigenvalue weighted by atomic mass is 9.99. The summed E-state index contributed by atoms with van der Waals surface area (Å²) in [5.41, 5.74) is 4.06. The highest BCUT2D eigenvalue weighted by Gasteiger charge is 2.56. The van der Waals surface area contributed by atoms with Crippen LogP contribution in [0.1, 0.15) is 15.9 Å². The third kappa shape index (κ3) is 3.15. The molecule has 1 aliphatic carbocycles. The molecule has 4 heteroatoms. The largest absolute Gasteiger partial charge is 0.338 e. The molecule has 1 heterocycles. The Bertz CT molecular complexity index is 819. The van der Waals surface area contributed by atoms with Crippen LogP contribution < -0.4 is 0 Å². The minimum absolute atomic E-state index is 0.162. The number of halogens is 1. The number of likely N-dealkylation sites (tertiary alicyclic amines) is 1. The minimum Gasteiger partial charge on any atom is -0.338 e. The Hall–Kier alpha value is -1.84. The highest BCUT2D eigenvalue weighted by Crippen LogP contribution is 2.52. The lowest BCUT2D eigenvalue weighted by molar-refractivity contribution is 0.0765. The number of benzene rings is 2. The molecule has 2 atom stereocenters. The topological polar surface area (TPSA) is 23.6 Å². The van der Waals surface area contributed by atoms with E-state index in [1.807, 2.05) is 48.2 Å². The van der Waals surface area contributed by atoms with Crippen LogP contribution in [0.25, 0.3) is 11.1 Å². The molecule has 1 saturated carbocycles. The molecule has 2 aromatic rings. The zero-order valence-electron chi connectivity index (χ0n) is 15.6. The maximum Gasteiger partial charge on any atom is 0.253 e. The van der Waals surface area contributed by atoms with E-state index in [1.165, 1.54) is 0 Å². The molecule has 1 aliphatic heterocycles. The molecule has 3 nitrogen and oxygen atoms in total. The van der Waals surface area contributed by atoms with Crippen molar-refractivity contribution in [3.05, 3.63) is 58.6 Å². The SMILES string of the molecule is Cc1c(Cl)cccc1-c1ccc(C(=O)N2CC3C(CN(C)C)C3C2)cc1. The van der Waals surface area contributed by atoms with E-state index < -0.39 is 0 Å². The first-order chi connectivity index (χ1) is 12.5. The van der Waals surface area contributed by atoms with Crippen molar-refractivity contribution in [3.8, 4) is 11.1 Å². The molecule has 136 valence electrons. The quantitative estimate of drug-likeness (QED) is 0.807. The number of hydrogen-bond acceptors (Lipinski definition) is 2. The molecule has 26 heavy (non-hydrogen) atoms. The van der Waals surface area contributed by atoms with Gasteiger partial charge in [0.15, 0.2) is 0 Å². The first-order valence-corrected chi connectivity index (χ1v) is 9.63. The van der Waals surface area contributed by atoms with E-state index in [1.54, 1.807) is 0 Å². The van der Waals surface area contributed by atoms with Gasteiger partial charge in [0.25, 0.3) is 5.91 Å². The van der Waals surface area contributed by atoms with Crippen LogP contribution in [-0.4, -0.2) is 49.4 Å². The average molecular weight is 369 g/mol. The van der Waals surface area contributed by atoms with Gasteiger partial charge in [-0.15, -0.1) is 0 Å².